The van der Waals surface area contributed by atoms with E-state index in [0.717, 1.165) is 0 Å². The maximum atomic E-state index is 5.02. The van der Waals surface area contributed by atoms with Crippen LogP contribution in [0.4, 0.5) is 0 Å². The summed E-state index contributed by atoms with van der Waals surface area (Å²) in [6.45, 7) is 0. The average molecular weight is 545 g/mol. The van der Waals surface area contributed by atoms with Gasteiger partial charge in [0.25, 0.3) is 0 Å². The van der Waals surface area contributed by atoms with Gasteiger partial charge in [0.1, 0.15) is 0 Å². The summed E-state index contributed by atoms with van der Waals surface area (Å²) in [5.41, 5.74) is 0. The van der Waals surface area contributed by atoms with Crippen molar-refractivity contribution in [3.8, 4) is 0 Å². The van der Waals surface area contributed by atoms with E-state index >= 15 is 0 Å². The Labute approximate surface area is 85.0 Å². The second-order valence-electron chi connectivity index (χ2n) is 0.429. The molecular weight excluding hydrogens is 543 g/mol. The van der Waals surface area contributed by atoms with Gasteiger partial charge in [0, 0.05) is 0 Å². The van der Waals surface area contributed by atoms with Crippen molar-refractivity contribution in [1.82, 2.24) is 0 Å². The number of hydrogen-bond acceptors (Lipinski definition) is 0. The van der Waals surface area contributed by atoms with Crippen molar-refractivity contribution in [2.75, 3.05) is 0 Å². The molecule has 0 saturated carbocycles. The summed E-state index contributed by atoms with van der Waals surface area (Å²) in [5.74, 6) is 0. The van der Waals surface area contributed by atoms with E-state index in [1.54, 1.807) is 0 Å². The van der Waals surface area contributed by atoms with Gasteiger partial charge in [-0.3, -0.25) is 0 Å². The van der Waals surface area contributed by atoms with Gasteiger partial charge in [-0.1, -0.05) is 0 Å². The maximum absolute atomic E-state index is 5.02. The summed E-state index contributed by atoms with van der Waals surface area (Å²) in [5, 5.41) is 0. The molecule has 0 saturated heterocycles. The van der Waals surface area contributed by atoms with Crippen molar-refractivity contribution in [3.63, 3.8) is 0 Å². The molecule has 0 aliphatic rings. The standard InChI is InChI=1S/Bi.6ClH.Sb.2H/h;6*1H;;;/q+3;;;;;;;+3;;/p-6. The minimum absolute atomic E-state index is 2.13. The molecule has 0 bridgehead atoms. The van der Waals surface area contributed by atoms with Gasteiger partial charge in [-0.05, 0) is 0 Å². The zero-order chi connectivity index (χ0) is 7.15. The molecule has 0 heterocycles. The molecule has 0 aromatic rings. The molecule has 8 heavy (non-hydrogen) atoms. The van der Waals surface area contributed by atoms with E-state index in [-0.39, 0.29) is 0 Å². The summed E-state index contributed by atoms with van der Waals surface area (Å²) < 4.78 is 0. The Morgan fingerprint density at radius 2 is 0.875 bits per heavy atom. The third-order valence-corrected chi connectivity index (χ3v) is 0. The zero-order valence-corrected chi connectivity index (χ0v) is 14.5. The Balaban J connectivity index is 0. The van der Waals surface area contributed by atoms with Crippen LogP contribution < -0.4 is 0 Å². The first-order chi connectivity index (χ1) is 3.46. The summed E-state index contributed by atoms with van der Waals surface area (Å²) in [6, 6.07) is 0. The van der Waals surface area contributed by atoms with Crippen molar-refractivity contribution in [1.29, 1.82) is 0 Å². The van der Waals surface area contributed by atoms with E-state index in [9.17, 15) is 0 Å². The molecule has 0 atom stereocenters. The van der Waals surface area contributed by atoms with Crippen molar-refractivity contribution >= 4 is 87.0 Å². The van der Waals surface area contributed by atoms with Crippen LogP contribution in [0.25, 0.3) is 0 Å². The van der Waals surface area contributed by atoms with Crippen LogP contribution in [0.15, 0.2) is 0 Å². The molecule has 0 aromatic heterocycles. The second-order valence-corrected chi connectivity index (χ2v) is 29.9. The normalized spacial score (nSPS) is 9.00. The van der Waals surface area contributed by atoms with E-state index in [4.69, 9.17) is 52.0 Å². The molecule has 0 nitrogen and oxygen atoms in total. The van der Waals surface area contributed by atoms with Crippen LogP contribution in [0.3, 0.4) is 0 Å². The molecule has 2 radical (unpaired) electrons. The number of halogens is 6. The fraction of sp³-hybridized carbons (Fsp3) is 0. The van der Waals surface area contributed by atoms with Gasteiger partial charge in [0.15, 0.2) is 0 Å². The minimum atomic E-state index is -2.24. The summed E-state index contributed by atoms with van der Waals surface area (Å²) in [7, 11) is 30.1. The van der Waals surface area contributed by atoms with Gasteiger partial charge in [0.2, 0.25) is 0 Å². The molecule has 0 aliphatic heterocycles. The average Bonchev–Trinajstić information content (AvgIpc) is 1.25. The molecular formula is H2BiCl6Sb. The summed E-state index contributed by atoms with van der Waals surface area (Å²) >= 11 is -4.37. The predicted molar refractivity (Wildman–Crippen MR) is 49.4 cm³/mol. The molecule has 0 amide bonds. The van der Waals surface area contributed by atoms with Gasteiger partial charge < -0.3 is 0 Å². The molecule has 8 heteroatoms. The van der Waals surface area contributed by atoms with Crippen LogP contribution >= 0.6 is 52.0 Å². The summed E-state index contributed by atoms with van der Waals surface area (Å²) in [6.07, 6.45) is 0. The quantitative estimate of drug-likeness (QED) is 0.411. The fourth-order valence-electron chi connectivity index (χ4n) is 0. The predicted octanol–water partition coefficient (Wildman–Crippen LogP) is 2.84. The topological polar surface area (TPSA) is 0 Å². The van der Waals surface area contributed by atoms with E-state index in [2.05, 4.69) is 0 Å². The molecule has 0 aromatic carbocycles. The van der Waals surface area contributed by atoms with Crippen molar-refractivity contribution in [2.45, 2.75) is 0 Å². The number of rotatable bonds is 0. The monoisotopic (exact) mass is 542 g/mol. The van der Waals surface area contributed by atoms with E-state index < -0.39 is 35.0 Å². The van der Waals surface area contributed by atoms with Crippen molar-refractivity contribution in [2.24, 2.45) is 0 Å². The third kappa shape index (κ3) is 56.8. The van der Waals surface area contributed by atoms with E-state index in [1.165, 1.54) is 0 Å². The Kier molecular flexibility index (Phi) is 18.3. The van der Waals surface area contributed by atoms with Gasteiger partial charge in [-0.2, -0.15) is 0 Å². The van der Waals surface area contributed by atoms with Crippen LogP contribution in [0.2, 0.25) is 0 Å². The van der Waals surface area contributed by atoms with Gasteiger partial charge in [-0.25, -0.2) is 0 Å². The first kappa shape index (κ1) is 14.0. The molecule has 0 aliphatic carbocycles. The Hall–Kier alpha value is 3.44. The zero-order valence-electron chi connectivity index (χ0n) is 3.27. The van der Waals surface area contributed by atoms with Gasteiger partial charge in [-0.15, -0.1) is 0 Å². The SMILES string of the molecule is [Cl][BiH]([Cl])[Cl].[Cl][SbH]([Cl])[Cl]. The van der Waals surface area contributed by atoms with Gasteiger partial charge >= 0.3 is 87.0 Å². The fourth-order valence-corrected chi connectivity index (χ4v) is 0. The number of hydrogen-bond donors (Lipinski definition) is 0. The van der Waals surface area contributed by atoms with Gasteiger partial charge in [0.05, 0.1) is 0 Å². The first-order valence-corrected chi connectivity index (χ1v) is 26.3. The van der Waals surface area contributed by atoms with Crippen LogP contribution in [-0.2, 0) is 0 Å². The van der Waals surface area contributed by atoms with Crippen LogP contribution in [0, 0.1) is 0 Å². The van der Waals surface area contributed by atoms with Crippen molar-refractivity contribution in [3.05, 3.63) is 0 Å². The summed E-state index contributed by atoms with van der Waals surface area (Å²) in [4.78, 5) is 0. The van der Waals surface area contributed by atoms with E-state index in [1.807, 2.05) is 0 Å². The molecule has 0 fully saturated rings. The Morgan fingerprint density at radius 3 is 0.875 bits per heavy atom. The first-order valence-electron chi connectivity index (χ1n) is 1.13. The molecule has 0 spiro atoms. The van der Waals surface area contributed by atoms with Crippen LogP contribution in [0.1, 0.15) is 0 Å². The Bertz CT molecular complexity index is 24.0. The van der Waals surface area contributed by atoms with Crippen LogP contribution in [0.5, 0.6) is 0 Å². The molecule has 0 rings (SSSR count). The molecule has 0 unspecified atom stereocenters. The Morgan fingerprint density at radius 1 is 0.875 bits per heavy atom. The molecule has 54 valence electrons. The third-order valence-electron chi connectivity index (χ3n) is 0. The second kappa shape index (κ2) is 10.4. The van der Waals surface area contributed by atoms with Crippen LogP contribution in [-0.4, -0.2) is 35.0 Å². The van der Waals surface area contributed by atoms with E-state index in [0.29, 0.717) is 0 Å². The molecule has 0 N–H and O–H groups in total. The van der Waals surface area contributed by atoms with Crippen molar-refractivity contribution < 1.29 is 0 Å².